The van der Waals surface area contributed by atoms with Crippen LogP contribution in [0.15, 0.2) is 47.7 Å². The number of amides is 1. The van der Waals surface area contributed by atoms with E-state index in [1.54, 1.807) is 18.2 Å². The first kappa shape index (κ1) is 28.7. The van der Waals surface area contributed by atoms with Gasteiger partial charge in [-0.15, -0.1) is 0 Å². The lowest BCUT2D eigenvalue weighted by Gasteiger charge is -2.25. The summed E-state index contributed by atoms with van der Waals surface area (Å²) in [5, 5.41) is 14.1. The summed E-state index contributed by atoms with van der Waals surface area (Å²) in [6.45, 7) is 3.84. The number of aliphatic hydroxyl groups is 1. The molecule has 3 heterocycles. The van der Waals surface area contributed by atoms with Crippen LogP contribution in [0.5, 0.6) is 23.1 Å². The van der Waals surface area contributed by atoms with Crippen LogP contribution in [0.4, 0.5) is 5.82 Å². The number of anilines is 1. The summed E-state index contributed by atoms with van der Waals surface area (Å²) in [6, 6.07) is 7.84. The third-order valence-electron chi connectivity index (χ3n) is 6.98. The minimum absolute atomic E-state index is 0.0921. The van der Waals surface area contributed by atoms with Crippen LogP contribution in [0.1, 0.15) is 65.7 Å². The monoisotopic (exact) mass is 573 g/mol. The van der Waals surface area contributed by atoms with Crippen LogP contribution >= 0.6 is 0 Å². The molecule has 5 rings (SSSR count). The first-order valence-corrected chi connectivity index (χ1v) is 13.5. The third kappa shape index (κ3) is 5.66. The van der Waals surface area contributed by atoms with Crippen molar-refractivity contribution in [1.82, 2.24) is 19.5 Å². The van der Waals surface area contributed by atoms with Crippen molar-refractivity contribution < 1.29 is 28.9 Å². The lowest BCUT2D eigenvalue weighted by Crippen LogP contribution is -2.37. The Bertz CT molecular complexity index is 1720. The SMILES string of the molecule is COc1cc2ncnc(Oc3ccc(NC(=O)c4cc5c(n(C(O)CC(C)C)c4=O)CCCC5=O)nc3)c2cc1OC. The number of ether oxygens (including phenoxy) is 3. The Morgan fingerprint density at radius 3 is 2.50 bits per heavy atom. The summed E-state index contributed by atoms with van der Waals surface area (Å²) in [5.74, 6) is 0.944. The van der Waals surface area contributed by atoms with Crippen LogP contribution in [0.3, 0.4) is 0 Å². The van der Waals surface area contributed by atoms with Crippen molar-refractivity contribution in [3.63, 3.8) is 0 Å². The van der Waals surface area contributed by atoms with Gasteiger partial charge in [0.05, 0.1) is 31.3 Å². The maximum absolute atomic E-state index is 13.4. The first-order valence-electron chi connectivity index (χ1n) is 13.5. The molecule has 1 unspecified atom stereocenters. The number of hydrogen-bond donors (Lipinski definition) is 2. The van der Waals surface area contributed by atoms with Crippen LogP contribution < -0.4 is 25.1 Å². The van der Waals surface area contributed by atoms with Gasteiger partial charge in [-0.2, -0.15) is 0 Å². The molecule has 2 N–H and O–H groups in total. The zero-order chi connectivity index (χ0) is 30.0. The molecule has 0 bridgehead atoms. The zero-order valence-corrected chi connectivity index (χ0v) is 23.7. The smallest absolute Gasteiger partial charge is 0.265 e. The number of benzene rings is 1. The molecule has 0 saturated heterocycles. The predicted molar refractivity (Wildman–Crippen MR) is 154 cm³/mol. The van der Waals surface area contributed by atoms with Gasteiger partial charge in [0.1, 0.15) is 29.7 Å². The molecule has 1 aliphatic rings. The average Bonchev–Trinajstić information content (AvgIpc) is 2.97. The van der Waals surface area contributed by atoms with E-state index in [9.17, 15) is 19.5 Å². The predicted octanol–water partition coefficient (Wildman–Crippen LogP) is 4.30. The molecule has 42 heavy (non-hydrogen) atoms. The molecule has 0 spiro atoms. The Kier molecular flexibility index (Phi) is 8.16. The third-order valence-corrected chi connectivity index (χ3v) is 6.98. The van der Waals surface area contributed by atoms with Gasteiger partial charge in [-0.3, -0.25) is 19.0 Å². The highest BCUT2D eigenvalue weighted by Crippen LogP contribution is 2.35. The Morgan fingerprint density at radius 1 is 1.05 bits per heavy atom. The number of carbonyl (C=O) groups is 2. The number of Topliss-reactive ketones (excluding diaryl/α,β-unsaturated/α-hetero) is 1. The van der Waals surface area contributed by atoms with Gasteiger partial charge < -0.3 is 24.6 Å². The number of rotatable bonds is 9. The van der Waals surface area contributed by atoms with Crippen molar-refractivity contribution in [2.75, 3.05) is 19.5 Å². The van der Waals surface area contributed by atoms with E-state index < -0.39 is 17.7 Å². The summed E-state index contributed by atoms with van der Waals surface area (Å²) >= 11 is 0. The number of carbonyl (C=O) groups excluding carboxylic acids is 2. The maximum atomic E-state index is 13.4. The van der Waals surface area contributed by atoms with E-state index in [1.807, 2.05) is 13.8 Å². The number of fused-ring (bicyclic) bond motifs is 2. The number of nitrogens with zero attached hydrogens (tertiary/aromatic N) is 4. The number of nitrogens with one attached hydrogen (secondary N) is 1. The highest BCUT2D eigenvalue weighted by atomic mass is 16.5. The maximum Gasteiger partial charge on any atom is 0.265 e. The largest absolute Gasteiger partial charge is 0.493 e. The Balaban J connectivity index is 1.40. The summed E-state index contributed by atoms with van der Waals surface area (Å²) in [4.78, 5) is 52.1. The average molecular weight is 574 g/mol. The molecule has 1 aliphatic carbocycles. The second-order valence-electron chi connectivity index (χ2n) is 10.3. The number of aliphatic hydroxyl groups excluding tert-OH is 1. The lowest BCUT2D eigenvalue weighted by atomic mass is 9.92. The van der Waals surface area contributed by atoms with Crippen molar-refractivity contribution >= 4 is 28.4 Å². The summed E-state index contributed by atoms with van der Waals surface area (Å²) in [5.41, 5.74) is 0.440. The molecular formula is C30H31N5O7. The highest BCUT2D eigenvalue weighted by molar-refractivity contribution is 6.06. The van der Waals surface area contributed by atoms with E-state index in [-0.39, 0.29) is 34.5 Å². The van der Waals surface area contributed by atoms with Gasteiger partial charge in [0.25, 0.3) is 11.5 Å². The fraction of sp³-hybridized carbons (Fsp3) is 0.333. The van der Waals surface area contributed by atoms with Crippen molar-refractivity contribution in [2.45, 2.75) is 45.8 Å². The van der Waals surface area contributed by atoms with Crippen molar-refractivity contribution in [1.29, 1.82) is 0 Å². The van der Waals surface area contributed by atoms with Gasteiger partial charge in [0, 0.05) is 23.7 Å². The molecule has 3 aromatic heterocycles. The summed E-state index contributed by atoms with van der Waals surface area (Å²) in [7, 11) is 3.06. The normalized spacial score (nSPS) is 13.5. The van der Waals surface area contributed by atoms with E-state index in [4.69, 9.17) is 14.2 Å². The van der Waals surface area contributed by atoms with Crippen molar-refractivity contribution in [2.24, 2.45) is 5.92 Å². The summed E-state index contributed by atoms with van der Waals surface area (Å²) in [6.07, 6.45) is 3.27. The first-order chi connectivity index (χ1) is 20.2. The van der Waals surface area contributed by atoms with Crippen LogP contribution in [-0.4, -0.2) is 50.5 Å². The Morgan fingerprint density at radius 2 is 1.81 bits per heavy atom. The van der Waals surface area contributed by atoms with Crippen LogP contribution in [0, 0.1) is 5.92 Å². The van der Waals surface area contributed by atoms with E-state index in [1.165, 1.54) is 43.4 Å². The molecular weight excluding hydrogens is 542 g/mol. The Hall–Kier alpha value is -4.84. The molecule has 12 nitrogen and oxygen atoms in total. The number of methoxy groups -OCH3 is 2. The van der Waals surface area contributed by atoms with Gasteiger partial charge in [0.2, 0.25) is 5.88 Å². The molecule has 218 valence electrons. The van der Waals surface area contributed by atoms with Crippen LogP contribution in [-0.2, 0) is 6.42 Å². The Labute approximate surface area is 241 Å². The van der Waals surface area contributed by atoms with E-state index >= 15 is 0 Å². The van der Waals surface area contributed by atoms with Gasteiger partial charge >= 0.3 is 0 Å². The molecule has 1 amide bonds. The molecule has 0 aliphatic heterocycles. The zero-order valence-electron chi connectivity index (χ0n) is 23.7. The number of hydrogen-bond acceptors (Lipinski definition) is 10. The topological polar surface area (TPSA) is 155 Å². The molecule has 1 aromatic carbocycles. The molecule has 12 heteroatoms. The molecule has 0 radical (unpaired) electrons. The standard InChI is InChI=1S/C30H31N5O7/c1-16(2)10-27(37)35-22-6-5-7-23(36)19(22)11-20(30(35)39)28(38)34-26-9-8-17(14-31-26)42-29-18-12-24(40-3)25(41-4)13-21(18)32-15-33-29/h8-9,11-16,27,37H,5-7,10H2,1-4H3,(H,31,34,38). The van der Waals surface area contributed by atoms with Crippen LogP contribution in [0.25, 0.3) is 10.9 Å². The van der Waals surface area contributed by atoms with Crippen molar-refractivity contribution in [3.8, 4) is 23.1 Å². The van der Waals surface area contributed by atoms with E-state index in [2.05, 4.69) is 20.3 Å². The van der Waals surface area contributed by atoms with Gasteiger partial charge in [-0.1, -0.05) is 13.8 Å². The van der Waals surface area contributed by atoms with Gasteiger partial charge in [-0.05, 0) is 49.4 Å². The van der Waals surface area contributed by atoms with Gasteiger partial charge in [0.15, 0.2) is 17.3 Å². The fourth-order valence-electron chi connectivity index (χ4n) is 4.97. The number of aromatic nitrogens is 4. The highest BCUT2D eigenvalue weighted by Gasteiger charge is 2.28. The van der Waals surface area contributed by atoms with E-state index in [0.29, 0.717) is 59.5 Å². The minimum atomic E-state index is -1.15. The molecule has 4 aromatic rings. The molecule has 0 saturated carbocycles. The lowest BCUT2D eigenvalue weighted by molar-refractivity contribution is 0.0726. The second kappa shape index (κ2) is 12.0. The fourth-order valence-corrected chi connectivity index (χ4v) is 4.97. The minimum Gasteiger partial charge on any atom is -0.493 e. The quantitative estimate of drug-likeness (QED) is 0.296. The van der Waals surface area contributed by atoms with Gasteiger partial charge in [-0.25, -0.2) is 15.0 Å². The number of pyridine rings is 2. The molecule has 1 atom stereocenters. The summed E-state index contributed by atoms with van der Waals surface area (Å²) < 4.78 is 17.8. The number of ketones is 1. The van der Waals surface area contributed by atoms with E-state index in [0.717, 1.165) is 0 Å². The van der Waals surface area contributed by atoms with Crippen LogP contribution in [0.2, 0.25) is 0 Å². The second-order valence-corrected chi connectivity index (χ2v) is 10.3. The van der Waals surface area contributed by atoms with Crippen molar-refractivity contribution in [3.05, 3.63) is 70.0 Å². The molecule has 0 fully saturated rings.